The van der Waals surface area contributed by atoms with Crippen LogP contribution in [0, 0.1) is 0 Å². The lowest BCUT2D eigenvalue weighted by atomic mass is 10.2. The smallest absolute Gasteiger partial charge is 0.278 e. The summed E-state index contributed by atoms with van der Waals surface area (Å²) in [6, 6.07) is 14.4. The number of aromatic nitrogens is 4. The van der Waals surface area contributed by atoms with Gasteiger partial charge in [0.2, 0.25) is 5.91 Å². The molecule has 0 saturated heterocycles. The molecule has 4 aromatic rings. The second kappa shape index (κ2) is 5.62. The van der Waals surface area contributed by atoms with Gasteiger partial charge in [0, 0.05) is 22.8 Å². The summed E-state index contributed by atoms with van der Waals surface area (Å²) in [4.78, 5) is 27.6. The Kier molecular flexibility index (Phi) is 3.31. The quantitative estimate of drug-likeness (QED) is 0.603. The normalized spacial score (nSPS) is 11.0. The molecule has 24 heavy (non-hydrogen) atoms. The van der Waals surface area contributed by atoms with Gasteiger partial charge in [-0.3, -0.25) is 9.59 Å². The van der Waals surface area contributed by atoms with Gasteiger partial charge in [-0.2, -0.15) is 0 Å². The van der Waals surface area contributed by atoms with Crippen molar-refractivity contribution in [1.29, 1.82) is 0 Å². The topological polar surface area (TPSA) is 92.7 Å². The van der Waals surface area contributed by atoms with E-state index in [9.17, 15) is 9.59 Å². The van der Waals surface area contributed by atoms with Crippen LogP contribution in [0.2, 0.25) is 0 Å². The van der Waals surface area contributed by atoms with E-state index in [1.165, 1.54) is 0 Å². The maximum atomic E-state index is 12.3. The van der Waals surface area contributed by atoms with E-state index in [2.05, 4.69) is 20.6 Å². The van der Waals surface area contributed by atoms with Gasteiger partial charge in [0.15, 0.2) is 0 Å². The molecule has 2 N–H and O–H groups in total. The Morgan fingerprint density at radius 3 is 2.96 bits per heavy atom. The van der Waals surface area contributed by atoms with E-state index in [4.69, 9.17) is 0 Å². The third-order valence-electron chi connectivity index (χ3n) is 3.76. The van der Waals surface area contributed by atoms with Crippen molar-refractivity contribution in [2.24, 2.45) is 0 Å². The molecule has 7 nitrogen and oxygen atoms in total. The third kappa shape index (κ3) is 2.52. The Balaban J connectivity index is 1.57. The lowest BCUT2D eigenvalue weighted by Crippen LogP contribution is -2.30. The van der Waals surface area contributed by atoms with Crippen LogP contribution in [0.4, 0.5) is 5.69 Å². The SMILES string of the molecule is O=C(Cn1nnc2ccccc2c1=O)Nc1ccc2[nH]ccc2c1. The van der Waals surface area contributed by atoms with E-state index >= 15 is 0 Å². The second-order valence-electron chi connectivity index (χ2n) is 5.40. The number of nitrogens with zero attached hydrogens (tertiary/aromatic N) is 3. The van der Waals surface area contributed by atoms with Crippen molar-refractivity contribution in [2.45, 2.75) is 6.54 Å². The molecule has 0 bridgehead atoms. The first kappa shape index (κ1) is 14.1. The molecule has 1 amide bonds. The Bertz CT molecular complexity index is 1110. The Morgan fingerprint density at radius 2 is 2.04 bits per heavy atom. The first-order valence-corrected chi connectivity index (χ1v) is 7.40. The number of amides is 1. The lowest BCUT2D eigenvalue weighted by molar-refractivity contribution is -0.117. The summed E-state index contributed by atoms with van der Waals surface area (Å²) in [5.74, 6) is -0.337. The van der Waals surface area contributed by atoms with Crippen LogP contribution in [0.15, 0.2) is 59.5 Å². The van der Waals surface area contributed by atoms with Crippen LogP contribution in [0.5, 0.6) is 0 Å². The molecule has 2 heterocycles. The molecule has 4 rings (SSSR count). The van der Waals surface area contributed by atoms with Crippen LogP contribution in [0.25, 0.3) is 21.8 Å². The number of rotatable bonds is 3. The summed E-state index contributed by atoms with van der Waals surface area (Å²) in [5.41, 5.74) is 1.83. The lowest BCUT2D eigenvalue weighted by Gasteiger charge is -2.07. The number of nitrogens with one attached hydrogen (secondary N) is 2. The van der Waals surface area contributed by atoms with Crippen molar-refractivity contribution < 1.29 is 4.79 Å². The van der Waals surface area contributed by atoms with E-state index in [1.54, 1.807) is 30.3 Å². The Labute approximate surface area is 135 Å². The summed E-state index contributed by atoms with van der Waals surface area (Å²) in [6.45, 7) is -0.193. The summed E-state index contributed by atoms with van der Waals surface area (Å²) in [6.07, 6.45) is 1.83. The maximum Gasteiger partial charge on any atom is 0.278 e. The number of anilines is 1. The van der Waals surface area contributed by atoms with Gasteiger partial charge in [0.25, 0.3) is 5.56 Å². The highest BCUT2D eigenvalue weighted by Crippen LogP contribution is 2.17. The molecule has 0 unspecified atom stereocenters. The van der Waals surface area contributed by atoms with Crippen molar-refractivity contribution in [1.82, 2.24) is 20.0 Å². The molecule has 118 valence electrons. The molecular formula is C17H13N5O2. The van der Waals surface area contributed by atoms with Gasteiger partial charge in [0.05, 0.1) is 5.39 Å². The molecule has 0 saturated carbocycles. The molecule has 0 spiro atoms. The Morgan fingerprint density at radius 1 is 1.17 bits per heavy atom. The first-order valence-electron chi connectivity index (χ1n) is 7.40. The minimum atomic E-state index is -0.337. The van der Waals surface area contributed by atoms with Crippen LogP contribution < -0.4 is 10.9 Å². The molecular weight excluding hydrogens is 306 g/mol. The molecule has 2 aromatic carbocycles. The van der Waals surface area contributed by atoms with Crippen molar-refractivity contribution >= 4 is 33.4 Å². The monoisotopic (exact) mass is 319 g/mol. The molecule has 0 radical (unpaired) electrons. The van der Waals surface area contributed by atoms with Crippen LogP contribution in [0.1, 0.15) is 0 Å². The predicted molar refractivity (Wildman–Crippen MR) is 90.7 cm³/mol. The van der Waals surface area contributed by atoms with Crippen LogP contribution in [0.3, 0.4) is 0 Å². The maximum absolute atomic E-state index is 12.3. The van der Waals surface area contributed by atoms with Gasteiger partial charge in [0.1, 0.15) is 12.1 Å². The summed E-state index contributed by atoms with van der Waals surface area (Å²) >= 11 is 0. The van der Waals surface area contributed by atoms with E-state index in [1.807, 2.05) is 24.4 Å². The van der Waals surface area contributed by atoms with E-state index in [0.29, 0.717) is 16.6 Å². The minimum Gasteiger partial charge on any atom is -0.361 e. The molecule has 2 aromatic heterocycles. The third-order valence-corrected chi connectivity index (χ3v) is 3.76. The van der Waals surface area contributed by atoms with Crippen molar-refractivity contribution in [3.63, 3.8) is 0 Å². The summed E-state index contributed by atoms with van der Waals surface area (Å²) in [7, 11) is 0. The largest absolute Gasteiger partial charge is 0.361 e. The highest BCUT2D eigenvalue weighted by atomic mass is 16.2. The summed E-state index contributed by atoms with van der Waals surface area (Å²) in [5, 5.41) is 12.0. The molecule has 0 aliphatic rings. The number of hydrogen-bond acceptors (Lipinski definition) is 4. The van der Waals surface area contributed by atoms with Gasteiger partial charge >= 0.3 is 0 Å². The number of aromatic amines is 1. The van der Waals surface area contributed by atoms with Gasteiger partial charge in [-0.1, -0.05) is 17.3 Å². The zero-order valence-electron chi connectivity index (χ0n) is 12.6. The van der Waals surface area contributed by atoms with Gasteiger partial charge in [-0.15, -0.1) is 5.10 Å². The number of benzene rings is 2. The van der Waals surface area contributed by atoms with Gasteiger partial charge in [-0.25, -0.2) is 4.68 Å². The molecule has 0 fully saturated rings. The molecule has 7 heteroatoms. The van der Waals surface area contributed by atoms with Crippen LogP contribution in [-0.2, 0) is 11.3 Å². The van der Waals surface area contributed by atoms with Crippen molar-refractivity contribution in [2.75, 3.05) is 5.32 Å². The number of H-pyrrole nitrogens is 1. The van der Waals surface area contributed by atoms with E-state index < -0.39 is 0 Å². The zero-order valence-corrected chi connectivity index (χ0v) is 12.6. The number of hydrogen-bond donors (Lipinski definition) is 2. The first-order chi connectivity index (χ1) is 11.7. The molecule has 0 atom stereocenters. The van der Waals surface area contributed by atoms with Gasteiger partial charge < -0.3 is 10.3 Å². The fraction of sp³-hybridized carbons (Fsp3) is 0.0588. The van der Waals surface area contributed by atoms with Crippen molar-refractivity contribution in [3.8, 4) is 0 Å². The number of carbonyl (C=O) groups excluding carboxylic acids is 1. The van der Waals surface area contributed by atoms with E-state index in [0.717, 1.165) is 15.6 Å². The fourth-order valence-corrected chi connectivity index (χ4v) is 2.59. The number of carbonyl (C=O) groups is 1. The zero-order chi connectivity index (χ0) is 16.5. The predicted octanol–water partition coefficient (Wildman–Crippen LogP) is 1.91. The highest BCUT2D eigenvalue weighted by Gasteiger charge is 2.10. The minimum absolute atomic E-state index is 0.193. The van der Waals surface area contributed by atoms with Crippen LogP contribution >= 0.6 is 0 Å². The van der Waals surface area contributed by atoms with Crippen LogP contribution in [-0.4, -0.2) is 25.9 Å². The van der Waals surface area contributed by atoms with Crippen molar-refractivity contribution in [3.05, 3.63) is 65.1 Å². The molecule has 0 aliphatic heterocycles. The second-order valence-corrected chi connectivity index (χ2v) is 5.40. The standard InChI is InChI=1S/C17H13N5O2/c23-16(19-12-5-6-14-11(9-12)7-8-18-14)10-22-17(24)13-3-1-2-4-15(13)20-21-22/h1-9,18H,10H2,(H,19,23). The fourth-order valence-electron chi connectivity index (χ4n) is 2.59. The Hall–Kier alpha value is -3.48. The summed E-state index contributed by atoms with van der Waals surface area (Å²) < 4.78 is 1.06. The average molecular weight is 319 g/mol. The van der Waals surface area contributed by atoms with E-state index in [-0.39, 0.29) is 18.0 Å². The molecule has 0 aliphatic carbocycles. The van der Waals surface area contributed by atoms with Gasteiger partial charge in [-0.05, 0) is 36.4 Å². The number of fused-ring (bicyclic) bond motifs is 2. The average Bonchev–Trinajstić information content (AvgIpc) is 3.05. The highest BCUT2D eigenvalue weighted by molar-refractivity contribution is 5.93.